The van der Waals surface area contributed by atoms with Gasteiger partial charge in [-0.1, -0.05) is 30.4 Å². The van der Waals surface area contributed by atoms with Gasteiger partial charge in [-0.2, -0.15) is 0 Å². The third kappa shape index (κ3) is 5.32. The molecule has 2 atom stereocenters. The lowest BCUT2D eigenvalue weighted by Gasteiger charge is -2.26. The van der Waals surface area contributed by atoms with Crippen LogP contribution in [0, 0.1) is 5.41 Å². The normalized spacial score (nSPS) is 28.1. The second-order valence-corrected chi connectivity index (χ2v) is 7.23. The Morgan fingerprint density at radius 1 is 1.08 bits per heavy atom. The minimum Gasteiger partial charge on any atom is -0.399 e. The van der Waals surface area contributed by atoms with Gasteiger partial charge in [0.15, 0.2) is 0 Å². The molecule has 6 heteroatoms. The Kier molecular flexibility index (Phi) is 5.85. The van der Waals surface area contributed by atoms with E-state index in [-0.39, 0.29) is 17.4 Å². The summed E-state index contributed by atoms with van der Waals surface area (Å²) in [6, 6.07) is 0. The van der Waals surface area contributed by atoms with E-state index in [1.165, 1.54) is 0 Å². The molecule has 0 saturated heterocycles. The molecule has 136 valence electrons. The zero-order valence-electron chi connectivity index (χ0n) is 15.0. The van der Waals surface area contributed by atoms with Gasteiger partial charge in [-0.15, -0.1) is 0 Å². The number of allylic oxidation sites excluding steroid dienone is 2. The first-order valence-electron chi connectivity index (χ1n) is 8.62. The Balaban J connectivity index is 1.66. The summed E-state index contributed by atoms with van der Waals surface area (Å²) < 4.78 is 0. The van der Waals surface area contributed by atoms with E-state index in [1.54, 1.807) is 12.2 Å². The number of amides is 2. The van der Waals surface area contributed by atoms with Crippen LogP contribution in [-0.2, 0) is 9.59 Å². The van der Waals surface area contributed by atoms with Gasteiger partial charge in [-0.05, 0) is 39.2 Å². The zero-order chi connectivity index (χ0) is 18.5. The van der Waals surface area contributed by atoms with Crippen LogP contribution < -0.4 is 22.1 Å². The van der Waals surface area contributed by atoms with Crippen LogP contribution in [0.2, 0.25) is 0 Å². The molecule has 0 bridgehead atoms. The monoisotopic (exact) mass is 344 g/mol. The van der Waals surface area contributed by atoms with E-state index in [2.05, 4.69) is 10.6 Å². The molecule has 2 unspecified atom stereocenters. The summed E-state index contributed by atoms with van der Waals surface area (Å²) >= 11 is 0. The molecular formula is C19H28N4O2. The molecule has 0 aromatic carbocycles. The summed E-state index contributed by atoms with van der Waals surface area (Å²) in [7, 11) is 0. The summed E-state index contributed by atoms with van der Waals surface area (Å²) in [5.41, 5.74) is 12.0. The first-order chi connectivity index (χ1) is 11.7. The maximum atomic E-state index is 12.3. The summed E-state index contributed by atoms with van der Waals surface area (Å²) in [4.78, 5) is 24.3. The molecule has 0 aliphatic heterocycles. The van der Waals surface area contributed by atoms with Crippen molar-refractivity contribution in [2.75, 3.05) is 13.1 Å². The number of carbonyl (C=O) groups is 2. The standard InChI is InChI=1S/C19H28N4O2/c1-18(8-6-15(20)7-9-18)17(25)23-13-3-12-22-16(24)14-4-10-19(2,21)11-5-14/h4-8,10H,3,9,11-13,20-21H2,1-2H3,(H,22,24)(H,23,25). The quantitative estimate of drug-likeness (QED) is 0.539. The van der Waals surface area contributed by atoms with Gasteiger partial charge in [-0.3, -0.25) is 9.59 Å². The van der Waals surface area contributed by atoms with Crippen molar-refractivity contribution < 1.29 is 9.59 Å². The fourth-order valence-electron chi connectivity index (χ4n) is 2.63. The molecule has 6 nitrogen and oxygen atoms in total. The maximum absolute atomic E-state index is 12.3. The van der Waals surface area contributed by atoms with Crippen molar-refractivity contribution in [3.8, 4) is 0 Å². The van der Waals surface area contributed by atoms with Crippen molar-refractivity contribution in [1.29, 1.82) is 0 Å². The molecule has 0 saturated carbocycles. The molecule has 6 N–H and O–H groups in total. The number of nitrogens with two attached hydrogens (primary N) is 2. The predicted octanol–water partition coefficient (Wildman–Crippen LogP) is 1.02. The van der Waals surface area contributed by atoms with Crippen LogP contribution in [0.5, 0.6) is 0 Å². The van der Waals surface area contributed by atoms with Crippen molar-refractivity contribution in [2.24, 2.45) is 16.9 Å². The molecule has 2 amide bonds. The van der Waals surface area contributed by atoms with Gasteiger partial charge in [0.2, 0.25) is 5.91 Å². The van der Waals surface area contributed by atoms with E-state index in [0.29, 0.717) is 43.6 Å². The summed E-state index contributed by atoms with van der Waals surface area (Å²) in [5, 5.41) is 5.77. The van der Waals surface area contributed by atoms with Crippen LogP contribution in [0.1, 0.15) is 33.1 Å². The first kappa shape index (κ1) is 19.0. The Hall–Kier alpha value is -2.34. The largest absolute Gasteiger partial charge is 0.399 e. The number of nitrogens with one attached hydrogen (secondary N) is 2. The highest BCUT2D eigenvalue weighted by Crippen LogP contribution is 2.28. The van der Waals surface area contributed by atoms with Gasteiger partial charge >= 0.3 is 0 Å². The average Bonchev–Trinajstić information content (AvgIpc) is 2.57. The molecule has 2 aliphatic rings. The van der Waals surface area contributed by atoms with Crippen molar-refractivity contribution in [3.63, 3.8) is 0 Å². The van der Waals surface area contributed by atoms with Gasteiger partial charge in [0.25, 0.3) is 5.91 Å². The number of rotatable bonds is 6. The Bertz CT molecular complexity index is 658. The third-order valence-electron chi connectivity index (χ3n) is 4.52. The van der Waals surface area contributed by atoms with Crippen molar-refractivity contribution in [1.82, 2.24) is 10.6 Å². The van der Waals surface area contributed by atoms with E-state index >= 15 is 0 Å². The highest BCUT2D eigenvalue weighted by Gasteiger charge is 2.30. The Morgan fingerprint density at radius 2 is 1.80 bits per heavy atom. The van der Waals surface area contributed by atoms with Gasteiger partial charge in [0.05, 0.1) is 5.41 Å². The van der Waals surface area contributed by atoms with Crippen LogP contribution in [0.15, 0.2) is 47.7 Å². The molecular weight excluding hydrogens is 316 g/mol. The first-order valence-corrected chi connectivity index (χ1v) is 8.62. The third-order valence-corrected chi connectivity index (χ3v) is 4.52. The highest BCUT2D eigenvalue weighted by molar-refractivity contribution is 5.96. The second-order valence-electron chi connectivity index (χ2n) is 7.23. The summed E-state index contributed by atoms with van der Waals surface area (Å²) in [5.74, 6) is -0.139. The van der Waals surface area contributed by atoms with Gasteiger partial charge < -0.3 is 22.1 Å². The molecule has 2 aliphatic carbocycles. The van der Waals surface area contributed by atoms with Crippen molar-refractivity contribution in [2.45, 2.75) is 38.6 Å². The Morgan fingerprint density at radius 3 is 2.40 bits per heavy atom. The lowest BCUT2D eigenvalue weighted by atomic mass is 9.82. The SMILES string of the molecule is CC1(N)C=CC(C(=O)NCCCNC(=O)C2(C)C=CC(N)=CC2)=CC1. The molecule has 0 radical (unpaired) electrons. The van der Waals surface area contributed by atoms with Crippen LogP contribution in [0.25, 0.3) is 0 Å². The molecule has 0 heterocycles. The van der Waals surface area contributed by atoms with Crippen LogP contribution in [-0.4, -0.2) is 30.4 Å². The minimum atomic E-state index is -0.557. The smallest absolute Gasteiger partial charge is 0.250 e. The minimum absolute atomic E-state index is 0.0287. The van der Waals surface area contributed by atoms with Gasteiger partial charge in [-0.25, -0.2) is 0 Å². The van der Waals surface area contributed by atoms with E-state index in [4.69, 9.17) is 11.5 Å². The second kappa shape index (κ2) is 7.70. The molecule has 0 fully saturated rings. The average molecular weight is 344 g/mol. The zero-order valence-corrected chi connectivity index (χ0v) is 15.0. The molecule has 0 aromatic heterocycles. The van der Waals surface area contributed by atoms with Crippen molar-refractivity contribution in [3.05, 3.63) is 47.7 Å². The maximum Gasteiger partial charge on any atom is 0.250 e. The molecule has 2 rings (SSSR count). The Labute approximate surface area is 149 Å². The van der Waals surface area contributed by atoms with Crippen molar-refractivity contribution >= 4 is 11.8 Å². The molecule has 0 aromatic rings. The lowest BCUT2D eigenvalue weighted by molar-refractivity contribution is -0.127. The topological polar surface area (TPSA) is 110 Å². The van der Waals surface area contributed by atoms with E-state index in [0.717, 1.165) is 0 Å². The highest BCUT2D eigenvalue weighted by atomic mass is 16.2. The number of hydrogen-bond acceptors (Lipinski definition) is 4. The van der Waals surface area contributed by atoms with Gasteiger partial charge in [0, 0.05) is 29.9 Å². The molecule has 0 spiro atoms. The van der Waals surface area contributed by atoms with Crippen LogP contribution in [0.4, 0.5) is 0 Å². The van der Waals surface area contributed by atoms with E-state index in [9.17, 15) is 9.59 Å². The summed E-state index contributed by atoms with van der Waals surface area (Å²) in [6.07, 6.45) is 12.8. The number of hydrogen-bond donors (Lipinski definition) is 4. The lowest BCUT2D eigenvalue weighted by Crippen LogP contribution is -2.40. The number of carbonyl (C=O) groups excluding carboxylic acids is 2. The van der Waals surface area contributed by atoms with Gasteiger partial charge in [0.1, 0.15) is 0 Å². The molecule has 25 heavy (non-hydrogen) atoms. The fourth-order valence-corrected chi connectivity index (χ4v) is 2.63. The van der Waals surface area contributed by atoms with E-state index < -0.39 is 5.41 Å². The predicted molar refractivity (Wildman–Crippen MR) is 99.2 cm³/mol. The summed E-state index contributed by atoms with van der Waals surface area (Å²) in [6.45, 7) is 4.82. The van der Waals surface area contributed by atoms with Crippen LogP contribution >= 0.6 is 0 Å². The fraction of sp³-hybridized carbons (Fsp3) is 0.474. The van der Waals surface area contributed by atoms with E-state index in [1.807, 2.05) is 38.2 Å². The van der Waals surface area contributed by atoms with Crippen LogP contribution in [0.3, 0.4) is 0 Å².